The third kappa shape index (κ3) is 10.1. The maximum absolute atomic E-state index is 2.73. The molecule has 1 aliphatic rings. The zero-order valence-corrected chi connectivity index (χ0v) is 17.9. The lowest BCUT2D eigenvalue weighted by atomic mass is 9.59. The molecule has 0 N–H and O–H groups in total. The van der Waals surface area contributed by atoms with E-state index >= 15 is 0 Å². The molecule has 1 fully saturated rings. The molecule has 0 aliphatic carbocycles. The highest BCUT2D eigenvalue weighted by Gasteiger charge is 2.34. The van der Waals surface area contributed by atoms with E-state index in [2.05, 4.69) is 41.8 Å². The number of rotatable bonds is 15. The Morgan fingerprint density at radius 1 is 0.560 bits per heavy atom. The van der Waals surface area contributed by atoms with Crippen molar-refractivity contribution in [3.05, 3.63) is 0 Å². The van der Waals surface area contributed by atoms with Crippen molar-refractivity contribution in [2.24, 2.45) is 0 Å². The molecule has 0 aromatic carbocycles. The Hall–Kier alpha value is 0.0748. The first kappa shape index (κ1) is 23.1. The van der Waals surface area contributed by atoms with Crippen LogP contribution >= 0.6 is 0 Å². The van der Waals surface area contributed by atoms with Crippen molar-refractivity contribution < 1.29 is 0 Å². The molecule has 0 spiro atoms. The number of hydrogen-bond acceptors (Lipinski definition) is 3. The highest BCUT2D eigenvalue weighted by molar-refractivity contribution is 6.73. The van der Waals surface area contributed by atoms with Gasteiger partial charge < -0.3 is 14.2 Å². The maximum Gasteiger partial charge on any atom is 0.286 e. The first-order valence-corrected chi connectivity index (χ1v) is 11.4. The summed E-state index contributed by atoms with van der Waals surface area (Å²) >= 11 is 0. The third-order valence-corrected chi connectivity index (χ3v) is 5.75. The second-order valence-electron chi connectivity index (χ2n) is 8.12. The molecule has 0 unspecified atom stereocenters. The minimum absolute atomic E-state index is 0.621. The topological polar surface area (TPSA) is 9.72 Å². The SMILES string of the molecule is CCCCCCN1BN(CCCCCC)B(C)N(CCCCCC)B1. The van der Waals surface area contributed by atoms with E-state index in [0.717, 1.165) is 0 Å². The molecule has 1 aliphatic heterocycles. The van der Waals surface area contributed by atoms with Gasteiger partial charge in [0.1, 0.15) is 0 Å². The Labute approximate surface area is 161 Å². The van der Waals surface area contributed by atoms with Crippen LogP contribution in [0.5, 0.6) is 0 Å². The molecule has 0 radical (unpaired) electrons. The van der Waals surface area contributed by atoms with Crippen LogP contribution in [-0.2, 0) is 0 Å². The molecule has 1 heterocycles. The Morgan fingerprint density at radius 3 is 1.36 bits per heavy atom. The van der Waals surface area contributed by atoms with E-state index in [1.807, 2.05) is 0 Å². The number of nitrogens with zero attached hydrogens (tertiary/aromatic N) is 3. The summed E-state index contributed by atoms with van der Waals surface area (Å²) in [5.41, 5.74) is 0. The average Bonchev–Trinajstić information content (AvgIpc) is 2.62. The molecule has 1 saturated heterocycles. The molecule has 0 aromatic rings. The maximum atomic E-state index is 2.73. The monoisotopic (exact) mass is 347 g/mol. The lowest BCUT2D eigenvalue weighted by Crippen LogP contribution is -2.66. The fraction of sp³-hybridized carbons (Fsp3) is 1.00. The van der Waals surface area contributed by atoms with E-state index in [1.54, 1.807) is 0 Å². The lowest BCUT2D eigenvalue weighted by molar-refractivity contribution is 0.432. The van der Waals surface area contributed by atoms with Crippen LogP contribution in [0.25, 0.3) is 0 Å². The number of hydrogen-bond donors (Lipinski definition) is 0. The summed E-state index contributed by atoms with van der Waals surface area (Å²) in [5, 5.41) is 0. The summed E-state index contributed by atoms with van der Waals surface area (Å²) in [4.78, 5) is 0. The van der Waals surface area contributed by atoms with Crippen molar-refractivity contribution in [2.75, 3.05) is 19.6 Å². The van der Waals surface area contributed by atoms with E-state index in [0.29, 0.717) is 6.98 Å². The molecular formula is C19H44B3N3. The van der Waals surface area contributed by atoms with Gasteiger partial charge >= 0.3 is 0 Å². The van der Waals surface area contributed by atoms with Crippen molar-refractivity contribution in [3.8, 4) is 0 Å². The van der Waals surface area contributed by atoms with Gasteiger partial charge in [-0.05, 0) is 38.9 Å². The van der Waals surface area contributed by atoms with Gasteiger partial charge in [-0.15, -0.1) is 0 Å². The van der Waals surface area contributed by atoms with Gasteiger partial charge in [-0.2, -0.15) is 0 Å². The van der Waals surface area contributed by atoms with Crippen molar-refractivity contribution in [2.45, 2.75) is 105 Å². The van der Waals surface area contributed by atoms with Gasteiger partial charge in [0, 0.05) is 0 Å². The van der Waals surface area contributed by atoms with Crippen LogP contribution in [0.2, 0.25) is 6.82 Å². The van der Waals surface area contributed by atoms with Gasteiger partial charge in [0.05, 0.1) is 0 Å². The Kier molecular flexibility index (Phi) is 14.0. The first-order valence-electron chi connectivity index (χ1n) is 11.4. The zero-order chi connectivity index (χ0) is 18.3. The minimum atomic E-state index is 0.621. The van der Waals surface area contributed by atoms with Crippen molar-refractivity contribution in [1.29, 1.82) is 0 Å². The Bertz CT molecular complexity index is 286. The lowest BCUT2D eigenvalue weighted by Gasteiger charge is -2.45. The van der Waals surface area contributed by atoms with Crippen LogP contribution in [0.3, 0.4) is 0 Å². The first-order chi connectivity index (χ1) is 12.2. The van der Waals surface area contributed by atoms with Gasteiger partial charge in [0.2, 0.25) is 0 Å². The molecular weight excluding hydrogens is 303 g/mol. The summed E-state index contributed by atoms with van der Waals surface area (Å²) in [6.45, 7) is 13.8. The normalized spacial score (nSPS) is 16.9. The molecule has 0 aromatic heterocycles. The van der Waals surface area contributed by atoms with E-state index in [-0.39, 0.29) is 0 Å². The fourth-order valence-electron chi connectivity index (χ4n) is 3.93. The third-order valence-electron chi connectivity index (χ3n) is 5.75. The smallest absolute Gasteiger partial charge is 0.286 e. The Morgan fingerprint density at radius 2 is 0.960 bits per heavy atom. The second-order valence-corrected chi connectivity index (χ2v) is 8.12. The molecule has 3 nitrogen and oxygen atoms in total. The second kappa shape index (κ2) is 15.2. The largest absolute Gasteiger partial charge is 0.363 e. The molecule has 0 saturated carbocycles. The van der Waals surface area contributed by atoms with Crippen molar-refractivity contribution in [1.82, 2.24) is 14.2 Å². The van der Waals surface area contributed by atoms with Gasteiger partial charge in [-0.3, -0.25) is 0 Å². The van der Waals surface area contributed by atoms with Gasteiger partial charge in [0.25, 0.3) is 22.1 Å². The summed E-state index contributed by atoms with van der Waals surface area (Å²) in [6.07, 6.45) is 16.5. The standard InChI is InChI=1S/C19H44B3N3/c1-5-8-11-14-17-23-20-24(18-15-12-9-6-2)22(4)25(21-23)19-16-13-10-7-3/h20-21H,5-19H2,1-4H3. The van der Waals surface area contributed by atoms with Crippen LogP contribution in [0.1, 0.15) is 97.8 Å². The van der Waals surface area contributed by atoms with E-state index in [1.165, 1.54) is 112 Å². The molecule has 144 valence electrons. The summed E-state index contributed by atoms with van der Waals surface area (Å²) in [6, 6.07) is 0. The van der Waals surface area contributed by atoms with Gasteiger partial charge in [-0.25, -0.2) is 0 Å². The highest BCUT2D eigenvalue weighted by atomic mass is 15.3. The summed E-state index contributed by atoms with van der Waals surface area (Å²) in [5.74, 6) is 0. The average molecular weight is 347 g/mol. The summed E-state index contributed by atoms with van der Waals surface area (Å²) in [7, 11) is 2.37. The van der Waals surface area contributed by atoms with Gasteiger partial charge in [0.15, 0.2) is 0 Å². The molecule has 0 bridgehead atoms. The van der Waals surface area contributed by atoms with Crippen LogP contribution in [0, 0.1) is 0 Å². The van der Waals surface area contributed by atoms with Gasteiger partial charge in [-0.1, -0.05) is 85.4 Å². The van der Waals surface area contributed by atoms with E-state index < -0.39 is 0 Å². The molecule has 25 heavy (non-hydrogen) atoms. The summed E-state index contributed by atoms with van der Waals surface area (Å²) < 4.78 is 8.17. The Balaban J connectivity index is 2.45. The van der Waals surface area contributed by atoms with E-state index in [4.69, 9.17) is 0 Å². The minimum Gasteiger partial charge on any atom is -0.363 e. The molecule has 0 amide bonds. The predicted molar refractivity (Wildman–Crippen MR) is 118 cm³/mol. The zero-order valence-electron chi connectivity index (χ0n) is 17.9. The molecule has 1 rings (SSSR count). The van der Waals surface area contributed by atoms with Crippen molar-refractivity contribution >= 4 is 22.1 Å². The quantitative estimate of drug-likeness (QED) is 0.323. The number of unbranched alkanes of at least 4 members (excludes halogenated alkanes) is 9. The van der Waals surface area contributed by atoms with Crippen LogP contribution < -0.4 is 0 Å². The molecule has 0 atom stereocenters. The van der Waals surface area contributed by atoms with Crippen molar-refractivity contribution in [3.63, 3.8) is 0 Å². The highest BCUT2D eigenvalue weighted by Crippen LogP contribution is 2.14. The molecule has 6 heteroatoms. The fourth-order valence-corrected chi connectivity index (χ4v) is 3.93. The van der Waals surface area contributed by atoms with Crippen LogP contribution in [0.15, 0.2) is 0 Å². The predicted octanol–water partition coefficient (Wildman–Crippen LogP) is 4.30. The van der Waals surface area contributed by atoms with E-state index in [9.17, 15) is 0 Å². The van der Waals surface area contributed by atoms with Crippen LogP contribution in [-0.4, -0.2) is 55.9 Å². The van der Waals surface area contributed by atoms with Crippen LogP contribution in [0.4, 0.5) is 0 Å².